The summed E-state index contributed by atoms with van der Waals surface area (Å²) >= 11 is 0. The summed E-state index contributed by atoms with van der Waals surface area (Å²) in [6.45, 7) is 0. The molecule has 0 spiro atoms. The van der Waals surface area contributed by atoms with E-state index in [4.69, 9.17) is 5.73 Å². The van der Waals surface area contributed by atoms with Gasteiger partial charge in [0.05, 0.1) is 22.5 Å². The van der Waals surface area contributed by atoms with Crippen LogP contribution in [0.25, 0.3) is 10.9 Å². The lowest BCUT2D eigenvalue weighted by molar-refractivity contribution is -0.117. The van der Waals surface area contributed by atoms with Gasteiger partial charge in [0.2, 0.25) is 5.91 Å². The number of nitrogens with one attached hydrogen (secondary N) is 2. The minimum atomic E-state index is -4.17. The van der Waals surface area contributed by atoms with Gasteiger partial charge in [-0.3, -0.25) is 14.6 Å². The highest BCUT2D eigenvalue weighted by Crippen LogP contribution is 2.26. The Morgan fingerprint density at radius 2 is 1.78 bits per heavy atom. The molecule has 1 aromatic heterocycles. The third-order valence-corrected chi connectivity index (χ3v) is 6.50. The highest BCUT2D eigenvalue weighted by Gasteiger charge is 2.23. The lowest BCUT2D eigenvalue weighted by Crippen LogP contribution is -2.16. The van der Waals surface area contributed by atoms with Gasteiger partial charge in [0.1, 0.15) is 4.90 Å². The van der Waals surface area contributed by atoms with Crippen LogP contribution in [-0.2, 0) is 31.1 Å². The number of sulfone groups is 1. The number of rotatable bonds is 6. The summed E-state index contributed by atoms with van der Waals surface area (Å²) in [5.74, 6) is -0.561. The van der Waals surface area contributed by atoms with E-state index in [0.717, 1.165) is 6.26 Å². The predicted octanol–water partition coefficient (Wildman–Crippen LogP) is 0.795. The first-order valence-corrected chi connectivity index (χ1v) is 11.0. The number of aromatic amines is 1. The van der Waals surface area contributed by atoms with E-state index >= 15 is 0 Å². The Bertz CT molecular complexity index is 1250. The fraction of sp³-hybridized carbons (Fsp3) is 0.125. The maximum atomic E-state index is 12.7. The largest absolute Gasteiger partial charge is 0.369 e. The minimum absolute atomic E-state index is 0.0797. The van der Waals surface area contributed by atoms with E-state index in [0.29, 0.717) is 16.6 Å². The number of hydrogen-bond acceptors (Lipinski definition) is 6. The Morgan fingerprint density at radius 1 is 1.11 bits per heavy atom. The first kappa shape index (κ1) is 18.9. The van der Waals surface area contributed by atoms with Gasteiger partial charge in [0.25, 0.3) is 10.0 Å². The smallest absolute Gasteiger partial charge is 0.263 e. The van der Waals surface area contributed by atoms with Gasteiger partial charge >= 0.3 is 0 Å². The fourth-order valence-electron chi connectivity index (χ4n) is 2.62. The molecule has 3 aromatic rings. The Hall–Kier alpha value is -2.92. The molecule has 4 N–H and O–H groups in total. The van der Waals surface area contributed by atoms with Crippen molar-refractivity contribution in [1.29, 1.82) is 0 Å². The number of carbonyl (C=O) groups excluding carboxylic acids is 1. The zero-order valence-corrected chi connectivity index (χ0v) is 15.8. The van der Waals surface area contributed by atoms with E-state index < -0.39 is 25.8 Å². The van der Waals surface area contributed by atoms with Gasteiger partial charge in [-0.1, -0.05) is 12.1 Å². The standard InChI is InChI=1S/C16H16N4O5S2/c1-26(22,23)14-4-2-3-5-15(14)27(24,25)20-10-6-7-12-11(8-10)13(19-18-12)9-16(17)21/h2-8,20H,9H2,1H3,(H2,17,21)(H,18,19). The van der Waals surface area contributed by atoms with Crippen LogP contribution in [0.4, 0.5) is 5.69 Å². The number of anilines is 1. The van der Waals surface area contributed by atoms with E-state index in [1.54, 1.807) is 6.07 Å². The van der Waals surface area contributed by atoms with Gasteiger partial charge in [-0.25, -0.2) is 16.8 Å². The molecule has 142 valence electrons. The van der Waals surface area contributed by atoms with E-state index in [1.807, 2.05) is 0 Å². The molecular formula is C16H16N4O5S2. The second kappa shape index (κ2) is 6.67. The summed E-state index contributed by atoms with van der Waals surface area (Å²) in [5, 5.41) is 7.25. The molecular weight excluding hydrogens is 392 g/mol. The fourth-order valence-corrected chi connectivity index (χ4v) is 5.30. The number of hydrogen-bond donors (Lipinski definition) is 3. The van der Waals surface area contributed by atoms with Crippen LogP contribution in [0.2, 0.25) is 0 Å². The SMILES string of the molecule is CS(=O)(=O)c1ccccc1S(=O)(=O)Nc1ccc2n[nH]c(CC(N)=O)c2c1. The quantitative estimate of drug-likeness (QED) is 0.548. The van der Waals surface area contributed by atoms with Gasteiger partial charge < -0.3 is 5.73 Å². The number of fused-ring (bicyclic) bond motifs is 1. The van der Waals surface area contributed by atoms with Crippen LogP contribution in [0.15, 0.2) is 52.3 Å². The summed E-state index contributed by atoms with van der Waals surface area (Å²) < 4.78 is 51.6. The molecule has 0 aliphatic carbocycles. The van der Waals surface area contributed by atoms with Crippen LogP contribution < -0.4 is 10.5 Å². The zero-order valence-electron chi connectivity index (χ0n) is 14.1. The molecule has 0 fully saturated rings. The lowest BCUT2D eigenvalue weighted by atomic mass is 10.1. The number of aromatic nitrogens is 2. The summed E-state index contributed by atoms with van der Waals surface area (Å²) in [7, 11) is -7.91. The maximum Gasteiger partial charge on any atom is 0.263 e. The van der Waals surface area contributed by atoms with Crippen molar-refractivity contribution in [1.82, 2.24) is 10.2 Å². The highest BCUT2D eigenvalue weighted by molar-refractivity contribution is 7.95. The monoisotopic (exact) mass is 408 g/mol. The molecule has 11 heteroatoms. The summed E-state index contributed by atoms with van der Waals surface area (Å²) in [5.41, 5.74) is 6.37. The number of nitrogens with zero attached hydrogens (tertiary/aromatic N) is 1. The third kappa shape index (κ3) is 3.93. The number of amides is 1. The first-order valence-electron chi connectivity index (χ1n) is 7.65. The molecule has 0 aliphatic heterocycles. The van der Waals surface area contributed by atoms with E-state index in [9.17, 15) is 21.6 Å². The molecule has 1 amide bonds. The van der Waals surface area contributed by atoms with Crippen molar-refractivity contribution in [3.63, 3.8) is 0 Å². The van der Waals surface area contributed by atoms with Crippen molar-refractivity contribution in [2.45, 2.75) is 16.2 Å². The molecule has 3 rings (SSSR count). The van der Waals surface area contributed by atoms with Crippen LogP contribution >= 0.6 is 0 Å². The first-order chi connectivity index (χ1) is 12.6. The van der Waals surface area contributed by atoms with Crippen LogP contribution in [0.1, 0.15) is 5.69 Å². The van der Waals surface area contributed by atoms with E-state index in [-0.39, 0.29) is 21.9 Å². The second-order valence-electron chi connectivity index (χ2n) is 5.90. The molecule has 27 heavy (non-hydrogen) atoms. The molecule has 2 aromatic carbocycles. The Balaban J connectivity index is 2.03. The van der Waals surface area contributed by atoms with Crippen molar-refractivity contribution in [3.05, 3.63) is 48.2 Å². The van der Waals surface area contributed by atoms with Crippen LogP contribution in [-0.4, -0.2) is 39.2 Å². The Labute approximate surface area is 155 Å². The molecule has 0 radical (unpaired) electrons. The summed E-state index contributed by atoms with van der Waals surface area (Å²) in [6, 6.07) is 9.88. The average molecular weight is 408 g/mol. The van der Waals surface area contributed by atoms with Crippen LogP contribution in [0.3, 0.4) is 0 Å². The van der Waals surface area contributed by atoms with Gasteiger partial charge in [0.15, 0.2) is 9.84 Å². The summed E-state index contributed by atoms with van der Waals surface area (Å²) in [6.07, 6.45) is 0.860. The van der Waals surface area contributed by atoms with Crippen molar-refractivity contribution >= 4 is 42.4 Å². The molecule has 0 atom stereocenters. The normalized spacial score (nSPS) is 12.2. The number of carbonyl (C=O) groups is 1. The van der Waals surface area contributed by atoms with Crippen molar-refractivity contribution in [2.24, 2.45) is 5.73 Å². The highest BCUT2D eigenvalue weighted by atomic mass is 32.2. The molecule has 1 heterocycles. The van der Waals surface area contributed by atoms with Crippen molar-refractivity contribution in [2.75, 3.05) is 11.0 Å². The second-order valence-corrected chi connectivity index (χ2v) is 9.54. The number of primary amides is 1. The molecule has 0 aliphatic rings. The topological polar surface area (TPSA) is 152 Å². The van der Waals surface area contributed by atoms with Gasteiger partial charge in [0, 0.05) is 17.3 Å². The van der Waals surface area contributed by atoms with Gasteiger partial charge in [-0.15, -0.1) is 0 Å². The maximum absolute atomic E-state index is 12.7. The third-order valence-electron chi connectivity index (χ3n) is 3.77. The molecule has 0 bridgehead atoms. The Morgan fingerprint density at radius 3 is 2.41 bits per heavy atom. The summed E-state index contributed by atoms with van der Waals surface area (Å²) in [4.78, 5) is 10.5. The van der Waals surface area contributed by atoms with Crippen LogP contribution in [0, 0.1) is 0 Å². The average Bonchev–Trinajstić information content (AvgIpc) is 2.95. The molecule has 9 nitrogen and oxygen atoms in total. The number of H-pyrrole nitrogens is 1. The zero-order chi connectivity index (χ0) is 19.8. The minimum Gasteiger partial charge on any atom is -0.369 e. The van der Waals surface area contributed by atoms with Crippen molar-refractivity contribution < 1.29 is 21.6 Å². The molecule has 0 unspecified atom stereocenters. The lowest BCUT2D eigenvalue weighted by Gasteiger charge is -2.11. The predicted molar refractivity (Wildman–Crippen MR) is 99.4 cm³/mol. The van der Waals surface area contributed by atoms with E-state index in [2.05, 4.69) is 14.9 Å². The number of sulfonamides is 1. The molecule has 0 saturated carbocycles. The Kier molecular flexibility index (Phi) is 4.66. The van der Waals surface area contributed by atoms with Gasteiger partial charge in [-0.05, 0) is 30.3 Å². The van der Waals surface area contributed by atoms with Crippen LogP contribution in [0.5, 0.6) is 0 Å². The van der Waals surface area contributed by atoms with E-state index in [1.165, 1.54) is 36.4 Å². The number of nitrogens with two attached hydrogens (primary N) is 1. The van der Waals surface area contributed by atoms with Gasteiger partial charge in [-0.2, -0.15) is 5.10 Å². The molecule has 0 saturated heterocycles. The number of benzene rings is 2. The van der Waals surface area contributed by atoms with Crippen molar-refractivity contribution in [3.8, 4) is 0 Å².